The molecule has 0 aliphatic carbocycles. The lowest BCUT2D eigenvalue weighted by Gasteiger charge is -2.22. The van der Waals surface area contributed by atoms with Gasteiger partial charge in [-0.2, -0.15) is 8.42 Å². The van der Waals surface area contributed by atoms with Gasteiger partial charge in [0, 0.05) is 0 Å². The Kier molecular flexibility index (Phi) is 7.09. The molecule has 1 amide bonds. The second kappa shape index (κ2) is 9.17. The van der Waals surface area contributed by atoms with Gasteiger partial charge in [-0.1, -0.05) is 29.8 Å². The fraction of sp³-hybridized carbons (Fsp3) is 0.333. The molecule has 1 N–H and O–H groups in total. The van der Waals surface area contributed by atoms with Crippen LogP contribution >= 0.6 is 0 Å². The number of carbonyl (C=O) groups is 2. The van der Waals surface area contributed by atoms with Crippen LogP contribution in [0.5, 0.6) is 5.75 Å². The lowest BCUT2D eigenvalue weighted by Crippen LogP contribution is -2.38. The van der Waals surface area contributed by atoms with Crippen molar-refractivity contribution >= 4 is 22.2 Å². The first kappa shape index (κ1) is 23.2. The smallest absolute Gasteiger partial charge is 0.408 e. The third-order valence-electron chi connectivity index (χ3n) is 3.83. The summed E-state index contributed by atoms with van der Waals surface area (Å²) in [7, 11) is -2.81. The van der Waals surface area contributed by atoms with Gasteiger partial charge in [0.15, 0.2) is 6.04 Å². The summed E-state index contributed by atoms with van der Waals surface area (Å²) in [6.07, 6.45) is -0.792. The van der Waals surface area contributed by atoms with Crippen molar-refractivity contribution in [2.24, 2.45) is 0 Å². The van der Waals surface area contributed by atoms with Gasteiger partial charge in [-0.25, -0.2) is 9.59 Å². The van der Waals surface area contributed by atoms with E-state index in [0.29, 0.717) is 5.56 Å². The SMILES string of the molecule is COC(=O)[C@H](NC(=O)OC(C)(C)C)c1ccc(OS(=O)(=O)c2ccc(C)cc2)cc1. The van der Waals surface area contributed by atoms with E-state index in [-0.39, 0.29) is 10.6 Å². The topological polar surface area (TPSA) is 108 Å². The van der Waals surface area contributed by atoms with Crippen LogP contribution in [-0.2, 0) is 24.4 Å². The molecule has 0 radical (unpaired) electrons. The minimum Gasteiger partial charge on any atom is -0.467 e. The van der Waals surface area contributed by atoms with Crippen LogP contribution in [0.4, 0.5) is 4.79 Å². The van der Waals surface area contributed by atoms with Crippen LogP contribution in [0.2, 0.25) is 0 Å². The first-order valence-electron chi connectivity index (χ1n) is 9.10. The van der Waals surface area contributed by atoms with Crippen molar-refractivity contribution in [2.75, 3.05) is 7.11 Å². The van der Waals surface area contributed by atoms with Crippen molar-refractivity contribution in [3.05, 3.63) is 59.7 Å². The van der Waals surface area contributed by atoms with Crippen LogP contribution in [0, 0.1) is 6.92 Å². The van der Waals surface area contributed by atoms with Crippen molar-refractivity contribution in [1.29, 1.82) is 0 Å². The molecule has 0 aliphatic rings. The predicted octanol–water partition coefficient (Wildman–Crippen LogP) is 3.50. The average molecular weight is 435 g/mol. The van der Waals surface area contributed by atoms with Crippen LogP contribution in [0.15, 0.2) is 53.4 Å². The van der Waals surface area contributed by atoms with Gasteiger partial charge in [-0.15, -0.1) is 0 Å². The number of hydrogen-bond donors (Lipinski definition) is 1. The third-order valence-corrected chi connectivity index (χ3v) is 5.09. The van der Waals surface area contributed by atoms with Gasteiger partial charge >= 0.3 is 22.2 Å². The number of alkyl carbamates (subject to hydrolysis) is 1. The minimum absolute atomic E-state index is 0.0243. The van der Waals surface area contributed by atoms with Crippen molar-refractivity contribution in [3.63, 3.8) is 0 Å². The first-order chi connectivity index (χ1) is 13.9. The zero-order valence-corrected chi connectivity index (χ0v) is 18.3. The standard InChI is InChI=1S/C21H25NO7S/c1-14-6-12-17(13-7-14)30(25,26)29-16-10-8-15(9-11-16)18(19(23)27-5)22-20(24)28-21(2,3)4/h6-13,18H,1-5H3,(H,22,24)/t18-/m1/s1. The molecule has 2 aromatic carbocycles. The van der Waals surface area contributed by atoms with E-state index in [4.69, 9.17) is 13.7 Å². The van der Waals surface area contributed by atoms with Gasteiger partial charge in [-0.3, -0.25) is 0 Å². The Balaban J connectivity index is 2.19. The lowest BCUT2D eigenvalue weighted by molar-refractivity contribution is -0.143. The van der Waals surface area contributed by atoms with E-state index in [1.165, 1.54) is 43.5 Å². The molecule has 2 rings (SSSR count). The maximum atomic E-state index is 12.4. The summed E-state index contributed by atoms with van der Waals surface area (Å²) >= 11 is 0. The maximum Gasteiger partial charge on any atom is 0.408 e. The second-order valence-corrected chi connectivity index (χ2v) is 9.07. The fourth-order valence-electron chi connectivity index (χ4n) is 2.42. The monoisotopic (exact) mass is 435 g/mol. The van der Waals surface area contributed by atoms with Crippen molar-refractivity contribution in [2.45, 2.75) is 44.2 Å². The number of carbonyl (C=O) groups excluding carboxylic acids is 2. The molecule has 0 fully saturated rings. The molecule has 0 spiro atoms. The fourth-order valence-corrected chi connectivity index (χ4v) is 3.35. The highest BCUT2D eigenvalue weighted by Crippen LogP contribution is 2.23. The Morgan fingerprint density at radius 2 is 1.53 bits per heavy atom. The number of nitrogens with one attached hydrogen (secondary N) is 1. The van der Waals surface area contributed by atoms with Crippen LogP contribution < -0.4 is 9.50 Å². The summed E-state index contributed by atoms with van der Waals surface area (Å²) in [4.78, 5) is 24.2. The Labute approximate surface area is 176 Å². The molecule has 0 saturated carbocycles. The van der Waals surface area contributed by atoms with Crippen LogP contribution in [0.25, 0.3) is 0 Å². The Morgan fingerprint density at radius 3 is 2.03 bits per heavy atom. The summed E-state index contributed by atoms with van der Waals surface area (Å²) in [5.41, 5.74) is 0.546. The normalized spacial score (nSPS) is 12.6. The number of amides is 1. The molecule has 9 heteroatoms. The zero-order chi connectivity index (χ0) is 22.5. The Hall–Kier alpha value is -3.07. The van der Waals surface area contributed by atoms with E-state index in [1.807, 2.05) is 6.92 Å². The number of aryl methyl sites for hydroxylation is 1. The highest BCUT2D eigenvalue weighted by molar-refractivity contribution is 7.87. The van der Waals surface area contributed by atoms with Gasteiger partial charge in [0.25, 0.3) is 0 Å². The van der Waals surface area contributed by atoms with E-state index in [2.05, 4.69) is 5.32 Å². The molecule has 2 aromatic rings. The largest absolute Gasteiger partial charge is 0.467 e. The highest BCUT2D eigenvalue weighted by Gasteiger charge is 2.27. The summed E-state index contributed by atoms with van der Waals surface area (Å²) in [5.74, 6) is -0.651. The van der Waals surface area contributed by atoms with Crippen molar-refractivity contribution in [1.82, 2.24) is 5.32 Å². The number of hydrogen-bond acceptors (Lipinski definition) is 7. The average Bonchev–Trinajstić information content (AvgIpc) is 2.65. The van der Waals surface area contributed by atoms with Gasteiger partial charge in [0.2, 0.25) is 0 Å². The van der Waals surface area contributed by atoms with Gasteiger partial charge in [-0.05, 0) is 57.5 Å². The summed E-state index contributed by atoms with van der Waals surface area (Å²) in [5, 5.41) is 2.44. The molecule has 0 saturated heterocycles. The molecule has 162 valence electrons. The van der Waals surface area contributed by atoms with E-state index in [9.17, 15) is 18.0 Å². The predicted molar refractivity (Wildman–Crippen MR) is 110 cm³/mol. The first-order valence-corrected chi connectivity index (χ1v) is 10.5. The Bertz CT molecular complexity index is 991. The summed E-state index contributed by atoms with van der Waals surface area (Å²) in [6.45, 7) is 6.93. The number of esters is 1. The summed E-state index contributed by atoms with van der Waals surface area (Å²) < 4.78 is 39.8. The minimum atomic E-state index is -4.00. The highest BCUT2D eigenvalue weighted by atomic mass is 32.2. The quantitative estimate of drug-likeness (QED) is 0.546. The van der Waals surface area contributed by atoms with E-state index in [0.717, 1.165) is 5.56 Å². The molecular formula is C21H25NO7S. The second-order valence-electron chi connectivity index (χ2n) is 7.52. The third kappa shape index (κ3) is 6.48. The van der Waals surface area contributed by atoms with E-state index >= 15 is 0 Å². The van der Waals surface area contributed by atoms with E-state index < -0.39 is 33.8 Å². The van der Waals surface area contributed by atoms with Crippen molar-refractivity contribution < 1.29 is 31.7 Å². The summed E-state index contributed by atoms with van der Waals surface area (Å²) in [6, 6.07) is 10.8. The molecular weight excluding hydrogens is 410 g/mol. The van der Waals surface area contributed by atoms with Crippen LogP contribution in [-0.4, -0.2) is 33.2 Å². The van der Waals surface area contributed by atoms with Gasteiger partial charge in [0.05, 0.1) is 7.11 Å². The number of methoxy groups -OCH3 is 1. The molecule has 0 aromatic heterocycles. The van der Waals surface area contributed by atoms with Crippen molar-refractivity contribution in [3.8, 4) is 5.75 Å². The molecule has 1 atom stereocenters. The van der Waals surface area contributed by atoms with Crippen LogP contribution in [0.3, 0.4) is 0 Å². The molecule has 0 unspecified atom stereocenters. The number of ether oxygens (including phenoxy) is 2. The molecule has 0 bridgehead atoms. The van der Waals surface area contributed by atoms with Crippen LogP contribution in [0.1, 0.15) is 37.9 Å². The van der Waals surface area contributed by atoms with Gasteiger partial charge < -0.3 is 19.0 Å². The molecule has 0 aliphatic heterocycles. The number of rotatable bonds is 6. The lowest BCUT2D eigenvalue weighted by atomic mass is 10.1. The molecule has 30 heavy (non-hydrogen) atoms. The van der Waals surface area contributed by atoms with Gasteiger partial charge in [0.1, 0.15) is 16.2 Å². The maximum absolute atomic E-state index is 12.4. The number of benzene rings is 2. The molecule has 0 heterocycles. The van der Waals surface area contributed by atoms with E-state index in [1.54, 1.807) is 32.9 Å². The zero-order valence-electron chi connectivity index (χ0n) is 17.5. The Morgan fingerprint density at radius 1 is 0.967 bits per heavy atom. The molecule has 8 nitrogen and oxygen atoms in total.